The van der Waals surface area contributed by atoms with E-state index >= 15 is 0 Å². The zero-order valence-corrected chi connectivity index (χ0v) is 35.6. The Kier molecular flexibility index (Phi) is 15.4. The number of amides is 1. The molecule has 58 heavy (non-hydrogen) atoms. The number of anilines is 1. The summed E-state index contributed by atoms with van der Waals surface area (Å²) in [5.41, 5.74) is -3.66. The van der Waals surface area contributed by atoms with Gasteiger partial charge >= 0.3 is 18.2 Å². The number of Topliss-reactive ketones (excluding diaryl/α,β-unsaturated/α-hetero) is 2. The molecule has 328 valence electrons. The molecule has 0 aromatic carbocycles. The zero-order valence-electron chi connectivity index (χ0n) is 35.6. The number of rotatable bonds is 11. The van der Waals surface area contributed by atoms with Crippen molar-refractivity contribution in [2.75, 3.05) is 39.6 Å². The van der Waals surface area contributed by atoms with Gasteiger partial charge < -0.3 is 43.9 Å². The van der Waals surface area contributed by atoms with Crippen LogP contribution in [-0.2, 0) is 44.2 Å². The fraction of sp³-hybridized carbons (Fsp3) is 0.780. The quantitative estimate of drug-likeness (QED) is 0.163. The van der Waals surface area contributed by atoms with E-state index in [-0.39, 0.29) is 43.1 Å². The number of fused-ring (bicyclic) bond motifs is 1. The smallest absolute Gasteiger partial charge is 0.417 e. The first-order valence-corrected chi connectivity index (χ1v) is 20.3. The van der Waals surface area contributed by atoms with Crippen LogP contribution in [0.4, 0.5) is 23.8 Å². The van der Waals surface area contributed by atoms with E-state index in [2.05, 4.69) is 10.3 Å². The molecule has 0 radical (unpaired) electrons. The third-order valence-electron chi connectivity index (χ3n) is 12.4. The number of aromatic nitrogens is 1. The summed E-state index contributed by atoms with van der Waals surface area (Å²) < 4.78 is 69.8. The minimum Gasteiger partial charge on any atom is -0.458 e. The first-order chi connectivity index (χ1) is 27.0. The molecule has 13 atom stereocenters. The number of cyclic esters (lactones) is 1. The maximum Gasteiger partial charge on any atom is 0.417 e. The standard InChI is InChI=1S/C41H63F3N4O10/c1-12-29-40(8)34(48(38(53)58-40)18-14-13-17-45-30-16-15-27(21-46-30)41(42,43)44)24(4)31(49)22(2)20-39(7,54-11)35(25(5)32(50)26(6)36(52)56-29)57-37-33(51)28(47(9)10)19-23(3)55-37/h15-16,21-26,28-29,33-35,37,51H,12-14,17-20H2,1-11H3,(H,45,46)/t22-,23-,24+,25-,26-,28+,29-,33-,34+,35-,37?,39-,40-/m1/s1. The van der Waals surface area contributed by atoms with Crippen molar-refractivity contribution in [3.8, 4) is 0 Å². The summed E-state index contributed by atoms with van der Waals surface area (Å²) in [6.07, 6.45) is -7.37. The lowest BCUT2D eigenvalue weighted by Crippen LogP contribution is -2.60. The van der Waals surface area contributed by atoms with Gasteiger partial charge in [-0.25, -0.2) is 9.78 Å². The molecule has 2 N–H and O–H groups in total. The molecule has 0 saturated carbocycles. The lowest BCUT2D eigenvalue weighted by atomic mass is 9.73. The maximum atomic E-state index is 14.6. The first kappa shape index (κ1) is 47.3. The van der Waals surface area contributed by atoms with Crippen molar-refractivity contribution < 1.29 is 61.1 Å². The number of carbonyl (C=O) groups is 4. The number of alkyl halides is 3. The van der Waals surface area contributed by atoms with Crippen molar-refractivity contribution >= 4 is 29.4 Å². The van der Waals surface area contributed by atoms with Crippen molar-refractivity contribution in [2.24, 2.45) is 23.7 Å². The van der Waals surface area contributed by atoms with E-state index in [9.17, 15) is 37.5 Å². The molecule has 1 unspecified atom stereocenters. The highest BCUT2D eigenvalue weighted by Gasteiger charge is 2.60. The number of likely N-dealkylation sites (N-methyl/N-ethyl adjacent to an activating group) is 1. The van der Waals surface area contributed by atoms with Crippen molar-refractivity contribution in [1.29, 1.82) is 0 Å². The SMILES string of the molecule is CC[C@H]1OC(=O)[C@H](C)C(=O)[C@@H](C)[C@@H](OC2O[C@H](C)C[C@H](N(C)C)[C@H]2O)[C@](C)(OC)C[C@@H](C)C(=O)[C@H](C)[C@@H]2N(CCCCNc3ccc(C(F)(F)F)cn3)C(=O)O[C@@]21C. The molecule has 1 aromatic rings. The molecule has 3 aliphatic rings. The normalized spacial score (nSPS) is 37.0. The monoisotopic (exact) mass is 828 g/mol. The summed E-state index contributed by atoms with van der Waals surface area (Å²) >= 11 is 0. The fourth-order valence-electron chi connectivity index (χ4n) is 9.00. The molecule has 4 rings (SSSR count). The Morgan fingerprint density at radius 3 is 2.28 bits per heavy atom. The number of nitrogens with one attached hydrogen (secondary N) is 1. The van der Waals surface area contributed by atoms with E-state index < -0.39 is 95.1 Å². The van der Waals surface area contributed by atoms with E-state index in [1.165, 1.54) is 25.0 Å². The molecule has 0 bridgehead atoms. The van der Waals surface area contributed by atoms with E-state index in [1.807, 2.05) is 25.9 Å². The topological polar surface area (TPSA) is 166 Å². The molecule has 3 aliphatic heterocycles. The molecule has 3 fully saturated rings. The summed E-state index contributed by atoms with van der Waals surface area (Å²) in [5, 5.41) is 14.4. The lowest BCUT2D eigenvalue weighted by Gasteiger charge is -2.47. The minimum atomic E-state index is -4.50. The third kappa shape index (κ3) is 10.1. The average molecular weight is 829 g/mol. The number of aliphatic hydroxyl groups excluding tert-OH is 1. The van der Waals surface area contributed by atoms with Crippen LogP contribution in [0.3, 0.4) is 0 Å². The molecule has 0 aliphatic carbocycles. The number of ketones is 2. The number of methoxy groups -OCH3 is 1. The molecular weight excluding hydrogens is 765 g/mol. The summed E-state index contributed by atoms with van der Waals surface area (Å²) in [6, 6.07) is 0.986. The van der Waals surface area contributed by atoms with Gasteiger partial charge in [0, 0.05) is 50.2 Å². The summed E-state index contributed by atoms with van der Waals surface area (Å²) in [5.74, 6) is -5.11. The number of esters is 1. The van der Waals surface area contributed by atoms with Gasteiger partial charge in [0.1, 0.15) is 29.7 Å². The van der Waals surface area contributed by atoms with Crippen LogP contribution in [0.25, 0.3) is 0 Å². The Bertz CT molecular complexity index is 1600. The number of ether oxygens (including phenoxy) is 5. The second-order valence-corrected chi connectivity index (χ2v) is 16.9. The van der Waals surface area contributed by atoms with Gasteiger partial charge in [0.25, 0.3) is 0 Å². The van der Waals surface area contributed by atoms with Crippen LogP contribution in [0.2, 0.25) is 0 Å². The summed E-state index contributed by atoms with van der Waals surface area (Å²) in [6.45, 7) is 14.0. The van der Waals surface area contributed by atoms with Gasteiger partial charge in [-0.05, 0) is 86.0 Å². The summed E-state index contributed by atoms with van der Waals surface area (Å²) in [7, 11) is 5.14. The predicted molar refractivity (Wildman–Crippen MR) is 207 cm³/mol. The summed E-state index contributed by atoms with van der Waals surface area (Å²) in [4.78, 5) is 63.7. The predicted octanol–water partition coefficient (Wildman–Crippen LogP) is 5.50. The molecular formula is C41H63F3N4O10. The van der Waals surface area contributed by atoms with Crippen molar-refractivity contribution in [1.82, 2.24) is 14.8 Å². The number of hydrogen-bond acceptors (Lipinski definition) is 13. The molecule has 3 saturated heterocycles. The van der Waals surface area contributed by atoms with Gasteiger partial charge in [0.2, 0.25) is 0 Å². The number of hydrogen-bond donors (Lipinski definition) is 2. The first-order valence-electron chi connectivity index (χ1n) is 20.3. The fourth-order valence-corrected chi connectivity index (χ4v) is 9.00. The molecule has 4 heterocycles. The van der Waals surface area contributed by atoms with Crippen LogP contribution in [0.5, 0.6) is 0 Å². The molecule has 1 aromatic heterocycles. The second-order valence-electron chi connectivity index (χ2n) is 16.9. The van der Waals surface area contributed by atoms with Crippen LogP contribution in [0.15, 0.2) is 18.3 Å². The minimum absolute atomic E-state index is 0.0718. The maximum absolute atomic E-state index is 14.6. The Balaban J connectivity index is 1.64. The number of carbonyl (C=O) groups excluding carboxylic acids is 4. The highest BCUT2D eigenvalue weighted by molar-refractivity contribution is 6.00. The van der Waals surface area contributed by atoms with Crippen molar-refractivity contribution in [2.45, 2.75) is 148 Å². The van der Waals surface area contributed by atoms with Gasteiger partial charge in [-0.2, -0.15) is 13.2 Å². The number of aliphatic hydroxyl groups is 1. The second kappa shape index (κ2) is 18.9. The molecule has 1 amide bonds. The largest absolute Gasteiger partial charge is 0.458 e. The Labute approximate surface area is 339 Å². The molecule has 0 spiro atoms. The van der Waals surface area contributed by atoms with Crippen LogP contribution < -0.4 is 5.32 Å². The molecule has 17 heteroatoms. The van der Waals surface area contributed by atoms with Crippen LogP contribution in [0.1, 0.15) is 93.1 Å². The van der Waals surface area contributed by atoms with Gasteiger partial charge in [-0.15, -0.1) is 0 Å². The number of halogens is 3. The Morgan fingerprint density at radius 1 is 1.03 bits per heavy atom. The molecule has 14 nitrogen and oxygen atoms in total. The Morgan fingerprint density at radius 2 is 1.71 bits per heavy atom. The van der Waals surface area contributed by atoms with Gasteiger partial charge in [0.05, 0.1) is 29.4 Å². The van der Waals surface area contributed by atoms with Gasteiger partial charge in [0.15, 0.2) is 17.7 Å². The van der Waals surface area contributed by atoms with Crippen LogP contribution in [0, 0.1) is 23.7 Å². The van der Waals surface area contributed by atoms with Crippen molar-refractivity contribution in [3.05, 3.63) is 23.9 Å². The van der Waals surface area contributed by atoms with Gasteiger partial charge in [-0.1, -0.05) is 27.7 Å². The number of nitrogens with zero attached hydrogens (tertiary/aromatic N) is 3. The van der Waals surface area contributed by atoms with E-state index in [0.29, 0.717) is 25.8 Å². The highest BCUT2D eigenvalue weighted by atomic mass is 19.4. The van der Waals surface area contributed by atoms with E-state index in [1.54, 1.807) is 41.5 Å². The zero-order chi connectivity index (χ0) is 43.5. The van der Waals surface area contributed by atoms with Gasteiger partial charge in [-0.3, -0.25) is 14.4 Å². The van der Waals surface area contributed by atoms with Crippen LogP contribution >= 0.6 is 0 Å². The Hall–Kier alpha value is -3.38. The third-order valence-corrected chi connectivity index (χ3v) is 12.4. The highest BCUT2D eigenvalue weighted by Crippen LogP contribution is 2.43. The number of unbranched alkanes of at least 4 members (excludes halogenated alkanes) is 1. The van der Waals surface area contributed by atoms with E-state index in [0.717, 1.165) is 12.3 Å². The average Bonchev–Trinajstić information content (AvgIpc) is 3.43. The van der Waals surface area contributed by atoms with E-state index in [4.69, 9.17) is 23.7 Å². The number of pyridine rings is 1. The van der Waals surface area contributed by atoms with Crippen molar-refractivity contribution in [3.63, 3.8) is 0 Å². The van der Waals surface area contributed by atoms with Crippen LogP contribution in [-0.4, -0.2) is 132 Å². The lowest BCUT2D eigenvalue weighted by molar-refractivity contribution is -0.295.